The van der Waals surface area contributed by atoms with Crippen LogP contribution < -0.4 is 4.74 Å². The van der Waals surface area contributed by atoms with Crippen molar-refractivity contribution >= 4 is 0 Å². The van der Waals surface area contributed by atoms with E-state index in [1.165, 1.54) is 5.56 Å². The Hall–Kier alpha value is -2.63. The molecule has 30 heavy (non-hydrogen) atoms. The first-order valence-electron chi connectivity index (χ1n) is 10.7. The third kappa shape index (κ3) is 6.44. The smallest absolute Gasteiger partial charge is 0.226 e. The van der Waals surface area contributed by atoms with Gasteiger partial charge in [-0.15, -0.1) is 0 Å². The Kier molecular flexibility index (Phi) is 8.48. The third-order valence-corrected chi connectivity index (χ3v) is 4.82. The maximum Gasteiger partial charge on any atom is 0.226 e. The van der Waals surface area contributed by atoms with Gasteiger partial charge in [0.1, 0.15) is 11.5 Å². The van der Waals surface area contributed by atoms with Gasteiger partial charge in [-0.25, -0.2) is 4.98 Å². The van der Waals surface area contributed by atoms with Crippen LogP contribution in [0.4, 0.5) is 0 Å². The summed E-state index contributed by atoms with van der Waals surface area (Å²) in [6.07, 6.45) is 2.32. The summed E-state index contributed by atoms with van der Waals surface area (Å²) >= 11 is 0. The molecule has 0 aliphatic carbocycles. The molecule has 0 radical (unpaired) electrons. The largest absolute Gasteiger partial charge is 0.493 e. The van der Waals surface area contributed by atoms with E-state index in [9.17, 15) is 0 Å². The molecule has 0 N–H and O–H groups in total. The summed E-state index contributed by atoms with van der Waals surface area (Å²) in [5.74, 6) is 2.35. The van der Waals surface area contributed by atoms with Crippen molar-refractivity contribution in [3.05, 3.63) is 71.6 Å². The van der Waals surface area contributed by atoms with Gasteiger partial charge in [-0.3, -0.25) is 0 Å². The molecule has 0 bridgehead atoms. The first-order chi connectivity index (χ1) is 14.7. The van der Waals surface area contributed by atoms with E-state index in [4.69, 9.17) is 18.6 Å². The van der Waals surface area contributed by atoms with E-state index in [-0.39, 0.29) is 6.29 Å². The molecular formula is C25H31NO4. The first kappa shape index (κ1) is 22.1. The van der Waals surface area contributed by atoms with Crippen molar-refractivity contribution in [3.63, 3.8) is 0 Å². The molecule has 0 spiro atoms. The molecular weight excluding hydrogens is 378 g/mol. The second-order valence-electron chi connectivity index (χ2n) is 7.01. The molecule has 3 rings (SSSR count). The molecule has 0 saturated carbocycles. The Bertz CT molecular complexity index is 868. The van der Waals surface area contributed by atoms with Crippen LogP contribution in [0, 0.1) is 6.92 Å². The number of oxazole rings is 1. The molecule has 0 aliphatic heterocycles. The van der Waals surface area contributed by atoms with Gasteiger partial charge in [0.05, 0.1) is 12.3 Å². The fraction of sp³-hybridized carbons (Fsp3) is 0.400. The van der Waals surface area contributed by atoms with Crippen LogP contribution in [0.25, 0.3) is 11.5 Å². The second-order valence-corrected chi connectivity index (χ2v) is 7.01. The summed E-state index contributed by atoms with van der Waals surface area (Å²) in [7, 11) is 0. The monoisotopic (exact) mass is 409 g/mol. The van der Waals surface area contributed by atoms with Gasteiger partial charge in [0, 0.05) is 31.6 Å². The van der Waals surface area contributed by atoms with Crippen molar-refractivity contribution in [2.75, 3.05) is 19.8 Å². The fourth-order valence-electron chi connectivity index (χ4n) is 3.25. The lowest BCUT2D eigenvalue weighted by atomic mass is 10.1. The summed E-state index contributed by atoms with van der Waals surface area (Å²) in [5, 5.41) is 0. The van der Waals surface area contributed by atoms with Crippen LogP contribution in [0.3, 0.4) is 0 Å². The average Bonchev–Trinajstić information content (AvgIpc) is 3.14. The van der Waals surface area contributed by atoms with Gasteiger partial charge in [-0.1, -0.05) is 30.3 Å². The minimum atomic E-state index is -0.137. The maximum atomic E-state index is 5.91. The Labute approximate surface area is 179 Å². The third-order valence-electron chi connectivity index (χ3n) is 4.82. The van der Waals surface area contributed by atoms with Crippen LogP contribution in [-0.2, 0) is 22.3 Å². The number of aryl methyl sites for hydroxylation is 2. The topological polar surface area (TPSA) is 53.7 Å². The summed E-state index contributed by atoms with van der Waals surface area (Å²) in [4.78, 5) is 4.63. The van der Waals surface area contributed by atoms with E-state index >= 15 is 0 Å². The van der Waals surface area contributed by atoms with Gasteiger partial charge in [0.2, 0.25) is 5.89 Å². The number of rotatable bonds is 12. The fourth-order valence-corrected chi connectivity index (χ4v) is 3.25. The van der Waals surface area contributed by atoms with Gasteiger partial charge < -0.3 is 18.6 Å². The SMILES string of the molecule is CCOC(CCc1ccc(OCCc2nc(-c3ccccc3)oc2C)cc1)OCC. The van der Waals surface area contributed by atoms with E-state index in [0.29, 0.717) is 32.1 Å². The summed E-state index contributed by atoms with van der Waals surface area (Å²) in [6, 6.07) is 18.2. The van der Waals surface area contributed by atoms with Gasteiger partial charge in [0.15, 0.2) is 6.29 Å². The van der Waals surface area contributed by atoms with Crippen molar-refractivity contribution < 1.29 is 18.6 Å². The van der Waals surface area contributed by atoms with Crippen LogP contribution in [0.1, 0.15) is 37.3 Å². The van der Waals surface area contributed by atoms with Crippen molar-refractivity contribution in [2.45, 2.75) is 46.3 Å². The number of benzene rings is 2. The lowest BCUT2D eigenvalue weighted by Gasteiger charge is -2.16. The quantitative estimate of drug-likeness (QED) is 0.364. The van der Waals surface area contributed by atoms with Crippen molar-refractivity contribution in [1.82, 2.24) is 4.98 Å². The highest BCUT2D eigenvalue weighted by Crippen LogP contribution is 2.22. The standard InChI is InChI=1S/C25H31NO4/c1-4-27-24(28-5-2)16-13-20-11-14-22(15-12-20)29-18-17-23-19(3)30-25(26-23)21-9-7-6-8-10-21/h6-12,14-15,24H,4-5,13,16-18H2,1-3H3. The molecule has 0 unspecified atom stereocenters. The Morgan fingerprint density at radius 3 is 2.27 bits per heavy atom. The Morgan fingerprint density at radius 1 is 0.900 bits per heavy atom. The molecule has 160 valence electrons. The highest BCUT2D eigenvalue weighted by Gasteiger charge is 2.11. The Morgan fingerprint density at radius 2 is 1.60 bits per heavy atom. The van der Waals surface area contributed by atoms with E-state index in [1.54, 1.807) is 0 Å². The van der Waals surface area contributed by atoms with Crippen LogP contribution in [-0.4, -0.2) is 31.1 Å². The van der Waals surface area contributed by atoms with Crippen molar-refractivity contribution in [1.29, 1.82) is 0 Å². The molecule has 0 saturated heterocycles. The second kappa shape index (κ2) is 11.5. The first-order valence-corrected chi connectivity index (χ1v) is 10.7. The van der Waals surface area contributed by atoms with E-state index in [1.807, 2.05) is 63.2 Å². The normalized spacial score (nSPS) is 11.2. The molecule has 0 fully saturated rings. The zero-order valence-electron chi connectivity index (χ0n) is 18.1. The van der Waals surface area contributed by atoms with Crippen molar-refractivity contribution in [2.24, 2.45) is 0 Å². The molecule has 2 aromatic carbocycles. The Balaban J connectivity index is 1.47. The van der Waals surface area contributed by atoms with Crippen LogP contribution in [0.5, 0.6) is 5.75 Å². The van der Waals surface area contributed by atoms with E-state index < -0.39 is 0 Å². The zero-order chi connectivity index (χ0) is 21.2. The predicted molar refractivity (Wildman–Crippen MR) is 118 cm³/mol. The number of aromatic nitrogens is 1. The van der Waals surface area contributed by atoms with Crippen molar-refractivity contribution in [3.8, 4) is 17.2 Å². The summed E-state index contributed by atoms with van der Waals surface area (Å²) < 4.78 is 22.9. The maximum absolute atomic E-state index is 5.91. The molecule has 5 nitrogen and oxygen atoms in total. The molecule has 1 heterocycles. The van der Waals surface area contributed by atoms with Gasteiger partial charge in [-0.2, -0.15) is 0 Å². The van der Waals surface area contributed by atoms with Gasteiger partial charge in [-0.05, 0) is 57.0 Å². The lowest BCUT2D eigenvalue weighted by molar-refractivity contribution is -0.139. The summed E-state index contributed by atoms with van der Waals surface area (Å²) in [6.45, 7) is 7.80. The van der Waals surface area contributed by atoms with Crippen LogP contribution in [0.2, 0.25) is 0 Å². The molecule has 0 aliphatic rings. The van der Waals surface area contributed by atoms with Crippen LogP contribution >= 0.6 is 0 Å². The van der Waals surface area contributed by atoms with Crippen LogP contribution in [0.15, 0.2) is 59.0 Å². The number of hydrogen-bond donors (Lipinski definition) is 0. The number of hydrogen-bond acceptors (Lipinski definition) is 5. The van der Waals surface area contributed by atoms with E-state index in [0.717, 1.165) is 35.6 Å². The van der Waals surface area contributed by atoms with E-state index in [2.05, 4.69) is 17.1 Å². The molecule has 0 atom stereocenters. The highest BCUT2D eigenvalue weighted by atomic mass is 16.7. The molecule has 3 aromatic rings. The van der Waals surface area contributed by atoms with Gasteiger partial charge in [0.25, 0.3) is 0 Å². The molecule has 0 amide bonds. The highest BCUT2D eigenvalue weighted by molar-refractivity contribution is 5.53. The molecule has 5 heteroatoms. The molecule has 1 aromatic heterocycles. The lowest BCUT2D eigenvalue weighted by Crippen LogP contribution is -2.18. The minimum absolute atomic E-state index is 0.137. The van der Waals surface area contributed by atoms with Gasteiger partial charge >= 0.3 is 0 Å². The summed E-state index contributed by atoms with van der Waals surface area (Å²) in [5.41, 5.74) is 3.16. The number of ether oxygens (including phenoxy) is 3. The minimum Gasteiger partial charge on any atom is -0.493 e. The predicted octanol–water partition coefficient (Wildman–Crippen LogP) is 5.60. The average molecular weight is 410 g/mol. The number of nitrogens with zero attached hydrogens (tertiary/aromatic N) is 1. The zero-order valence-corrected chi connectivity index (χ0v) is 18.1.